The molecular formula is C13H15Cl2N. The molecule has 1 heterocycles. The van der Waals surface area contributed by atoms with Gasteiger partial charge in [0.25, 0.3) is 0 Å². The maximum atomic E-state index is 5.91. The van der Waals surface area contributed by atoms with Crippen LogP contribution in [0.3, 0.4) is 0 Å². The summed E-state index contributed by atoms with van der Waals surface area (Å²) in [5.74, 6) is 0.542. The zero-order valence-corrected chi connectivity index (χ0v) is 11.0. The van der Waals surface area contributed by atoms with Gasteiger partial charge < -0.3 is 0 Å². The van der Waals surface area contributed by atoms with Gasteiger partial charge in [0.15, 0.2) is 0 Å². The molecule has 86 valence electrons. The molecule has 0 atom stereocenters. The molecule has 0 aliphatic rings. The van der Waals surface area contributed by atoms with Crippen molar-refractivity contribution in [3.05, 3.63) is 41.1 Å². The second-order valence-corrected chi connectivity index (χ2v) is 4.04. The number of aryl methyl sites for hydroxylation is 2. The van der Waals surface area contributed by atoms with Gasteiger partial charge in [0.05, 0.1) is 5.52 Å². The Balaban J connectivity index is 0.00000128. The van der Waals surface area contributed by atoms with E-state index in [1.807, 2.05) is 0 Å². The molecule has 0 N–H and O–H groups in total. The van der Waals surface area contributed by atoms with Crippen molar-refractivity contribution in [2.45, 2.75) is 26.1 Å². The number of halogens is 2. The summed E-state index contributed by atoms with van der Waals surface area (Å²) in [6.45, 7) is 4.20. The van der Waals surface area contributed by atoms with Gasteiger partial charge in [-0.15, -0.1) is 24.0 Å². The van der Waals surface area contributed by atoms with E-state index < -0.39 is 0 Å². The third kappa shape index (κ3) is 2.47. The minimum atomic E-state index is 0. The van der Waals surface area contributed by atoms with Crippen LogP contribution in [0.15, 0.2) is 24.3 Å². The number of aromatic nitrogens is 1. The van der Waals surface area contributed by atoms with Crippen LogP contribution in [0.4, 0.5) is 0 Å². The average Bonchev–Trinajstić information content (AvgIpc) is 2.27. The lowest BCUT2D eigenvalue weighted by atomic mass is 10.1. The van der Waals surface area contributed by atoms with Gasteiger partial charge in [-0.3, -0.25) is 4.98 Å². The van der Waals surface area contributed by atoms with E-state index in [4.69, 9.17) is 11.6 Å². The molecule has 1 nitrogen and oxygen atoms in total. The van der Waals surface area contributed by atoms with Gasteiger partial charge in [-0.2, -0.15) is 0 Å². The smallest absolute Gasteiger partial charge is 0.0705 e. The first-order valence-corrected chi connectivity index (χ1v) is 5.73. The largest absolute Gasteiger partial charge is 0.253 e. The van der Waals surface area contributed by atoms with Gasteiger partial charge in [0.2, 0.25) is 0 Å². The van der Waals surface area contributed by atoms with Crippen LogP contribution in [0.2, 0.25) is 0 Å². The summed E-state index contributed by atoms with van der Waals surface area (Å²) >= 11 is 5.91. The quantitative estimate of drug-likeness (QED) is 0.731. The van der Waals surface area contributed by atoms with Crippen LogP contribution < -0.4 is 0 Å². The van der Waals surface area contributed by atoms with Crippen molar-refractivity contribution in [2.24, 2.45) is 0 Å². The molecule has 1 aromatic heterocycles. The average molecular weight is 256 g/mol. The number of fused-ring (bicyclic) bond motifs is 1. The lowest BCUT2D eigenvalue weighted by Crippen LogP contribution is -1.95. The second kappa shape index (κ2) is 5.51. The van der Waals surface area contributed by atoms with E-state index >= 15 is 0 Å². The highest BCUT2D eigenvalue weighted by molar-refractivity contribution is 6.17. The molecule has 0 saturated heterocycles. The number of pyridine rings is 1. The number of benzene rings is 1. The van der Waals surface area contributed by atoms with Crippen LogP contribution in [0, 0.1) is 6.92 Å². The van der Waals surface area contributed by atoms with Gasteiger partial charge in [-0.25, -0.2) is 0 Å². The zero-order valence-electron chi connectivity index (χ0n) is 9.46. The highest BCUT2D eigenvalue weighted by atomic mass is 35.5. The molecule has 0 spiro atoms. The molecule has 1 aromatic carbocycles. The van der Waals surface area contributed by atoms with E-state index in [1.165, 1.54) is 10.9 Å². The van der Waals surface area contributed by atoms with Crippen molar-refractivity contribution in [1.29, 1.82) is 0 Å². The van der Waals surface area contributed by atoms with Crippen molar-refractivity contribution in [2.75, 3.05) is 0 Å². The zero-order chi connectivity index (χ0) is 10.8. The van der Waals surface area contributed by atoms with Gasteiger partial charge in [-0.05, 0) is 37.1 Å². The van der Waals surface area contributed by atoms with Gasteiger partial charge in [-0.1, -0.05) is 18.6 Å². The van der Waals surface area contributed by atoms with Crippen molar-refractivity contribution in [1.82, 2.24) is 4.98 Å². The standard InChI is InChI=1S/C13H14ClN.ClH/c1-3-12-11(8-14)7-10-6-9(2)4-5-13(10)15-12;/h4-7H,3,8H2,1-2H3;1H. The summed E-state index contributed by atoms with van der Waals surface area (Å²) in [5.41, 5.74) is 4.58. The van der Waals surface area contributed by atoms with E-state index in [2.05, 4.69) is 43.1 Å². The Morgan fingerprint density at radius 3 is 2.62 bits per heavy atom. The SMILES string of the molecule is CCc1nc2ccc(C)cc2cc1CCl.Cl. The third-order valence-electron chi connectivity index (χ3n) is 2.62. The Bertz CT molecular complexity index is 495. The minimum Gasteiger partial charge on any atom is -0.253 e. The summed E-state index contributed by atoms with van der Waals surface area (Å²) in [6, 6.07) is 8.47. The van der Waals surface area contributed by atoms with Gasteiger partial charge in [0.1, 0.15) is 0 Å². The summed E-state index contributed by atoms with van der Waals surface area (Å²) in [5, 5.41) is 1.18. The second-order valence-electron chi connectivity index (χ2n) is 3.78. The van der Waals surface area contributed by atoms with Crippen LogP contribution in [0.1, 0.15) is 23.7 Å². The number of hydrogen-bond acceptors (Lipinski definition) is 1. The van der Waals surface area contributed by atoms with Gasteiger partial charge >= 0.3 is 0 Å². The predicted octanol–water partition coefficient (Wildman–Crippen LogP) is 4.27. The van der Waals surface area contributed by atoms with Gasteiger partial charge in [0, 0.05) is 17.0 Å². The Kier molecular flexibility index (Phi) is 4.57. The van der Waals surface area contributed by atoms with Crippen molar-refractivity contribution < 1.29 is 0 Å². The van der Waals surface area contributed by atoms with Crippen molar-refractivity contribution >= 4 is 34.9 Å². The van der Waals surface area contributed by atoms with E-state index in [0.717, 1.165) is 23.2 Å². The van der Waals surface area contributed by atoms with Crippen molar-refractivity contribution in [3.8, 4) is 0 Å². The fourth-order valence-electron chi connectivity index (χ4n) is 1.80. The Morgan fingerprint density at radius 1 is 1.25 bits per heavy atom. The number of rotatable bonds is 2. The molecule has 0 aliphatic carbocycles. The van der Waals surface area contributed by atoms with E-state index in [1.54, 1.807) is 0 Å². The molecule has 2 aromatic rings. The number of alkyl halides is 1. The summed E-state index contributed by atoms with van der Waals surface area (Å²) in [4.78, 5) is 4.62. The number of nitrogens with zero attached hydrogens (tertiary/aromatic N) is 1. The van der Waals surface area contributed by atoms with E-state index in [0.29, 0.717) is 5.88 Å². The summed E-state index contributed by atoms with van der Waals surface area (Å²) < 4.78 is 0. The first kappa shape index (κ1) is 13.3. The lowest BCUT2D eigenvalue weighted by Gasteiger charge is -2.07. The molecule has 0 saturated carbocycles. The Morgan fingerprint density at radius 2 is 2.00 bits per heavy atom. The fraction of sp³-hybridized carbons (Fsp3) is 0.308. The normalized spacial score (nSPS) is 10.2. The van der Waals surface area contributed by atoms with Crippen LogP contribution in [-0.4, -0.2) is 4.98 Å². The molecular weight excluding hydrogens is 241 g/mol. The van der Waals surface area contributed by atoms with Crippen LogP contribution in [0.5, 0.6) is 0 Å². The molecule has 0 amide bonds. The first-order chi connectivity index (χ1) is 7.24. The summed E-state index contributed by atoms with van der Waals surface area (Å²) in [6.07, 6.45) is 0.936. The minimum absolute atomic E-state index is 0. The maximum Gasteiger partial charge on any atom is 0.0705 e. The maximum absolute atomic E-state index is 5.91. The summed E-state index contributed by atoms with van der Waals surface area (Å²) in [7, 11) is 0. The third-order valence-corrected chi connectivity index (χ3v) is 2.91. The highest BCUT2D eigenvalue weighted by Gasteiger charge is 2.04. The fourth-order valence-corrected chi connectivity index (χ4v) is 2.03. The highest BCUT2D eigenvalue weighted by Crippen LogP contribution is 2.19. The molecule has 0 fully saturated rings. The predicted molar refractivity (Wildman–Crippen MR) is 72.7 cm³/mol. The first-order valence-electron chi connectivity index (χ1n) is 5.19. The Labute approximate surface area is 107 Å². The molecule has 16 heavy (non-hydrogen) atoms. The van der Waals surface area contributed by atoms with Crippen LogP contribution in [0.25, 0.3) is 10.9 Å². The molecule has 0 radical (unpaired) electrons. The van der Waals surface area contributed by atoms with E-state index in [-0.39, 0.29) is 12.4 Å². The number of hydrogen-bond donors (Lipinski definition) is 0. The topological polar surface area (TPSA) is 12.9 Å². The molecule has 3 heteroatoms. The molecule has 0 aliphatic heterocycles. The lowest BCUT2D eigenvalue weighted by molar-refractivity contribution is 1.02. The Hall–Kier alpha value is -0.790. The molecule has 0 unspecified atom stereocenters. The molecule has 0 bridgehead atoms. The van der Waals surface area contributed by atoms with Crippen molar-refractivity contribution in [3.63, 3.8) is 0 Å². The monoisotopic (exact) mass is 255 g/mol. The molecule has 2 rings (SSSR count). The van der Waals surface area contributed by atoms with E-state index in [9.17, 15) is 0 Å². The van der Waals surface area contributed by atoms with Crippen LogP contribution in [-0.2, 0) is 12.3 Å². The van der Waals surface area contributed by atoms with Crippen LogP contribution >= 0.6 is 24.0 Å².